The number of carbonyl (C=O) groups is 1. The SMILES string of the molecule is O=C(NC1CC(c2cc(N3CC[C@@H](O)C3)ncn2)C1)c1cc(=O)[nH]o1. The largest absolute Gasteiger partial charge is 0.391 e. The van der Waals surface area contributed by atoms with Gasteiger partial charge in [-0.05, 0) is 19.3 Å². The summed E-state index contributed by atoms with van der Waals surface area (Å²) in [6.45, 7) is 1.39. The highest BCUT2D eigenvalue weighted by Gasteiger charge is 2.34. The third kappa shape index (κ3) is 3.27. The predicted molar refractivity (Wildman–Crippen MR) is 87.4 cm³/mol. The number of anilines is 1. The molecule has 9 heteroatoms. The van der Waals surface area contributed by atoms with Crippen LogP contribution in [0.2, 0.25) is 0 Å². The van der Waals surface area contributed by atoms with Gasteiger partial charge in [-0.15, -0.1) is 0 Å². The van der Waals surface area contributed by atoms with Crippen molar-refractivity contribution in [2.75, 3.05) is 18.0 Å². The van der Waals surface area contributed by atoms with E-state index < -0.39 is 11.5 Å². The number of rotatable bonds is 4. The molecule has 0 radical (unpaired) electrons. The average Bonchev–Trinajstić information content (AvgIpc) is 3.19. The second-order valence-electron chi connectivity index (χ2n) is 6.61. The summed E-state index contributed by atoms with van der Waals surface area (Å²) in [6.07, 6.45) is 3.57. The minimum Gasteiger partial charge on any atom is -0.391 e. The zero-order valence-electron chi connectivity index (χ0n) is 13.5. The fourth-order valence-corrected chi connectivity index (χ4v) is 3.34. The van der Waals surface area contributed by atoms with Crippen LogP contribution >= 0.6 is 0 Å². The van der Waals surface area contributed by atoms with Gasteiger partial charge in [0.1, 0.15) is 12.1 Å². The molecule has 3 N–H and O–H groups in total. The molecule has 2 fully saturated rings. The lowest BCUT2D eigenvalue weighted by atomic mass is 9.78. The molecule has 1 aliphatic heterocycles. The van der Waals surface area contributed by atoms with E-state index >= 15 is 0 Å². The van der Waals surface area contributed by atoms with Crippen LogP contribution in [0.25, 0.3) is 0 Å². The molecule has 1 amide bonds. The summed E-state index contributed by atoms with van der Waals surface area (Å²) < 4.78 is 4.79. The Hall–Kier alpha value is -2.68. The Labute approximate surface area is 143 Å². The minimum atomic E-state index is -0.433. The van der Waals surface area contributed by atoms with E-state index in [1.807, 2.05) is 6.07 Å². The van der Waals surface area contributed by atoms with Crippen LogP contribution in [-0.4, -0.2) is 51.4 Å². The number of nitrogens with one attached hydrogen (secondary N) is 2. The van der Waals surface area contributed by atoms with Crippen molar-refractivity contribution in [2.24, 2.45) is 0 Å². The molecular weight excluding hydrogens is 326 g/mol. The molecule has 2 aromatic heterocycles. The second kappa shape index (κ2) is 6.32. The quantitative estimate of drug-likeness (QED) is 0.712. The first kappa shape index (κ1) is 15.8. The Morgan fingerprint density at radius 2 is 2.20 bits per heavy atom. The standard InChI is InChI=1S/C16H19N5O4/c22-11-1-2-21(7-11)14-5-12(17-8-18-14)9-3-10(4-9)19-16(24)13-6-15(23)20-25-13/h5-6,8-11,22H,1-4,7H2,(H,19,24)(H,20,23)/t9?,10?,11-/m1/s1. The molecule has 1 aliphatic carbocycles. The lowest BCUT2D eigenvalue weighted by molar-refractivity contribution is 0.0870. The van der Waals surface area contributed by atoms with Crippen LogP contribution in [0.3, 0.4) is 0 Å². The van der Waals surface area contributed by atoms with Crippen molar-refractivity contribution in [3.05, 3.63) is 40.3 Å². The van der Waals surface area contributed by atoms with Crippen LogP contribution in [0.1, 0.15) is 41.4 Å². The van der Waals surface area contributed by atoms with Crippen LogP contribution in [-0.2, 0) is 0 Å². The number of aliphatic hydroxyl groups excluding tert-OH is 1. The molecule has 0 unspecified atom stereocenters. The number of hydrogen-bond donors (Lipinski definition) is 3. The number of H-pyrrole nitrogens is 1. The molecule has 0 aromatic carbocycles. The summed E-state index contributed by atoms with van der Waals surface area (Å²) in [5, 5.41) is 14.6. The van der Waals surface area contributed by atoms with Crippen molar-refractivity contribution < 1.29 is 14.4 Å². The van der Waals surface area contributed by atoms with Gasteiger partial charge in [0, 0.05) is 36.8 Å². The number of aliphatic hydroxyl groups is 1. The van der Waals surface area contributed by atoms with Gasteiger partial charge in [-0.2, -0.15) is 5.16 Å². The van der Waals surface area contributed by atoms with E-state index in [4.69, 9.17) is 4.52 Å². The highest BCUT2D eigenvalue weighted by atomic mass is 16.5. The number of aromatic amines is 1. The van der Waals surface area contributed by atoms with E-state index in [2.05, 4.69) is 25.3 Å². The second-order valence-corrected chi connectivity index (χ2v) is 6.61. The third-order valence-electron chi connectivity index (χ3n) is 4.80. The molecule has 9 nitrogen and oxygen atoms in total. The lowest BCUT2D eigenvalue weighted by Gasteiger charge is -2.35. The van der Waals surface area contributed by atoms with E-state index in [0.29, 0.717) is 6.54 Å². The van der Waals surface area contributed by atoms with E-state index in [0.717, 1.165) is 43.4 Å². The van der Waals surface area contributed by atoms with Crippen LogP contribution in [0, 0.1) is 0 Å². The fourth-order valence-electron chi connectivity index (χ4n) is 3.34. The zero-order chi connectivity index (χ0) is 17.4. The van der Waals surface area contributed by atoms with Gasteiger partial charge in [0.25, 0.3) is 11.5 Å². The van der Waals surface area contributed by atoms with E-state index in [1.165, 1.54) is 0 Å². The number of hydrogen-bond acceptors (Lipinski definition) is 7. The van der Waals surface area contributed by atoms with Gasteiger partial charge in [-0.3, -0.25) is 9.59 Å². The molecular formula is C16H19N5O4. The first-order chi connectivity index (χ1) is 12.1. The fraction of sp³-hybridized carbons (Fsp3) is 0.500. The molecule has 0 bridgehead atoms. The van der Waals surface area contributed by atoms with Gasteiger partial charge in [-0.25, -0.2) is 9.97 Å². The molecule has 1 saturated carbocycles. The van der Waals surface area contributed by atoms with Crippen molar-refractivity contribution in [3.63, 3.8) is 0 Å². The third-order valence-corrected chi connectivity index (χ3v) is 4.80. The highest BCUT2D eigenvalue weighted by Crippen LogP contribution is 2.36. The number of carbonyl (C=O) groups excluding carboxylic acids is 1. The van der Waals surface area contributed by atoms with Crippen LogP contribution in [0.5, 0.6) is 0 Å². The normalized spacial score (nSPS) is 25.6. The monoisotopic (exact) mass is 345 g/mol. The summed E-state index contributed by atoms with van der Waals surface area (Å²) in [6, 6.07) is 3.13. The van der Waals surface area contributed by atoms with Crippen molar-refractivity contribution in [3.8, 4) is 0 Å². The number of β-amino-alcohol motifs (C(OH)–C–C–N with tert-alkyl or cyclic N) is 1. The molecule has 0 spiro atoms. The first-order valence-electron chi connectivity index (χ1n) is 8.33. The average molecular weight is 345 g/mol. The smallest absolute Gasteiger partial charge is 0.290 e. The lowest BCUT2D eigenvalue weighted by Crippen LogP contribution is -2.43. The van der Waals surface area contributed by atoms with Crippen LogP contribution in [0.4, 0.5) is 5.82 Å². The Bertz CT molecular complexity index is 826. The Balaban J connectivity index is 1.34. The van der Waals surface area contributed by atoms with Crippen molar-refractivity contribution in [1.29, 1.82) is 0 Å². The van der Waals surface area contributed by atoms with Crippen LogP contribution in [0.15, 0.2) is 27.8 Å². The molecule has 25 heavy (non-hydrogen) atoms. The van der Waals surface area contributed by atoms with E-state index in [1.54, 1.807) is 6.33 Å². The Kier molecular flexibility index (Phi) is 4.00. The topological polar surface area (TPSA) is 124 Å². The zero-order valence-corrected chi connectivity index (χ0v) is 13.5. The summed E-state index contributed by atoms with van der Waals surface area (Å²) >= 11 is 0. The number of nitrogens with zero attached hydrogens (tertiary/aromatic N) is 3. The Morgan fingerprint density at radius 3 is 2.88 bits per heavy atom. The molecule has 3 heterocycles. The first-order valence-corrected chi connectivity index (χ1v) is 8.33. The van der Waals surface area contributed by atoms with Crippen LogP contribution < -0.4 is 15.8 Å². The maximum absolute atomic E-state index is 11.9. The molecule has 4 rings (SSSR count). The molecule has 132 valence electrons. The molecule has 1 atom stereocenters. The summed E-state index contributed by atoms with van der Waals surface area (Å²) in [7, 11) is 0. The molecule has 2 aromatic rings. The van der Waals surface area contributed by atoms with Gasteiger partial charge in [0.05, 0.1) is 12.2 Å². The summed E-state index contributed by atoms with van der Waals surface area (Å²) in [5.74, 6) is 0.697. The van der Waals surface area contributed by atoms with Gasteiger partial charge < -0.3 is 19.8 Å². The van der Waals surface area contributed by atoms with E-state index in [-0.39, 0.29) is 23.8 Å². The minimum absolute atomic E-state index is 0.00892. The van der Waals surface area contributed by atoms with Gasteiger partial charge in [-0.1, -0.05) is 0 Å². The maximum atomic E-state index is 11.9. The highest BCUT2D eigenvalue weighted by molar-refractivity contribution is 5.91. The van der Waals surface area contributed by atoms with Crippen molar-refractivity contribution in [1.82, 2.24) is 20.4 Å². The molecule has 1 saturated heterocycles. The predicted octanol–water partition coefficient (Wildman–Crippen LogP) is 0.00490. The Morgan fingerprint density at radius 1 is 1.36 bits per heavy atom. The van der Waals surface area contributed by atoms with Crippen molar-refractivity contribution in [2.45, 2.75) is 37.3 Å². The summed E-state index contributed by atoms with van der Waals surface area (Å²) in [4.78, 5) is 33.6. The van der Waals surface area contributed by atoms with E-state index in [9.17, 15) is 14.7 Å². The number of aromatic nitrogens is 3. The van der Waals surface area contributed by atoms with Gasteiger partial charge >= 0.3 is 0 Å². The van der Waals surface area contributed by atoms with Crippen molar-refractivity contribution >= 4 is 11.7 Å². The maximum Gasteiger partial charge on any atom is 0.290 e. The number of amides is 1. The summed E-state index contributed by atoms with van der Waals surface area (Å²) in [5.41, 5.74) is 0.516. The molecule has 2 aliphatic rings. The van der Waals surface area contributed by atoms with Gasteiger partial charge in [0.2, 0.25) is 5.76 Å². The van der Waals surface area contributed by atoms with Gasteiger partial charge in [0.15, 0.2) is 0 Å².